The maximum Gasteiger partial charge on any atom is 0.119 e. The fourth-order valence-corrected chi connectivity index (χ4v) is 2.48. The molecule has 3 heteroatoms. The minimum Gasteiger partial charge on any atom is -0.497 e. The summed E-state index contributed by atoms with van der Waals surface area (Å²) in [5.41, 5.74) is 8.49. The molecular weight excluding hydrogens is 260 g/mol. The summed E-state index contributed by atoms with van der Waals surface area (Å²) in [4.78, 5) is 2.25. The first-order valence-electron chi connectivity index (χ1n) is 7.35. The monoisotopic (exact) mass is 284 g/mol. The van der Waals surface area contributed by atoms with E-state index in [9.17, 15) is 0 Å². The summed E-state index contributed by atoms with van der Waals surface area (Å²) >= 11 is 0. The number of methoxy groups -OCH3 is 1. The van der Waals surface area contributed by atoms with Crippen LogP contribution in [0.25, 0.3) is 0 Å². The van der Waals surface area contributed by atoms with Gasteiger partial charge in [-0.3, -0.25) is 0 Å². The number of hydrogen-bond donors (Lipinski definition) is 1. The molecule has 0 aliphatic carbocycles. The van der Waals surface area contributed by atoms with E-state index in [0.717, 1.165) is 18.6 Å². The number of rotatable bonds is 7. The lowest BCUT2D eigenvalue weighted by Crippen LogP contribution is -2.38. The van der Waals surface area contributed by atoms with Gasteiger partial charge >= 0.3 is 0 Å². The molecule has 0 saturated heterocycles. The SMILES string of the molecule is COc1ccc(N(C)C(CN)CCc2ccccc2)cc1. The Kier molecular flexibility index (Phi) is 5.64. The zero-order chi connectivity index (χ0) is 15.1. The molecule has 2 N–H and O–H groups in total. The standard InChI is InChI=1S/C18H24N2O/c1-20(16-10-12-18(21-2)13-11-16)17(14-19)9-8-15-6-4-3-5-7-15/h3-7,10-13,17H,8-9,14,19H2,1-2H3. The van der Waals surface area contributed by atoms with Gasteiger partial charge in [0.2, 0.25) is 0 Å². The van der Waals surface area contributed by atoms with Crippen LogP contribution in [0.4, 0.5) is 5.69 Å². The van der Waals surface area contributed by atoms with E-state index in [-0.39, 0.29) is 0 Å². The molecule has 0 spiro atoms. The first-order valence-corrected chi connectivity index (χ1v) is 7.35. The summed E-state index contributed by atoms with van der Waals surface area (Å²) in [5, 5.41) is 0. The molecular formula is C18H24N2O. The zero-order valence-corrected chi connectivity index (χ0v) is 12.8. The van der Waals surface area contributed by atoms with Gasteiger partial charge in [0.05, 0.1) is 7.11 Å². The number of ether oxygens (including phenoxy) is 1. The van der Waals surface area contributed by atoms with Crippen LogP contribution in [0, 0.1) is 0 Å². The van der Waals surface area contributed by atoms with Crippen LogP contribution in [0.15, 0.2) is 54.6 Å². The van der Waals surface area contributed by atoms with Gasteiger partial charge in [-0.2, -0.15) is 0 Å². The van der Waals surface area contributed by atoms with Crippen LogP contribution in [0.1, 0.15) is 12.0 Å². The lowest BCUT2D eigenvalue weighted by molar-refractivity contribution is 0.415. The van der Waals surface area contributed by atoms with Crippen molar-refractivity contribution in [2.75, 3.05) is 25.6 Å². The Hall–Kier alpha value is -2.00. The number of anilines is 1. The maximum absolute atomic E-state index is 5.96. The van der Waals surface area contributed by atoms with Gasteiger partial charge in [0.15, 0.2) is 0 Å². The second kappa shape index (κ2) is 7.70. The summed E-state index contributed by atoms with van der Waals surface area (Å²) in [5.74, 6) is 0.876. The Morgan fingerprint density at radius 3 is 2.29 bits per heavy atom. The Morgan fingerprint density at radius 2 is 1.71 bits per heavy atom. The fourth-order valence-electron chi connectivity index (χ4n) is 2.48. The van der Waals surface area contributed by atoms with E-state index in [0.29, 0.717) is 12.6 Å². The normalized spacial score (nSPS) is 12.0. The Morgan fingerprint density at radius 1 is 1.05 bits per heavy atom. The second-order valence-corrected chi connectivity index (χ2v) is 5.22. The number of nitrogens with zero attached hydrogens (tertiary/aromatic N) is 1. The minimum atomic E-state index is 0.332. The summed E-state index contributed by atoms with van der Waals surface area (Å²) in [6, 6.07) is 19.0. The highest BCUT2D eigenvalue weighted by Crippen LogP contribution is 2.21. The van der Waals surface area contributed by atoms with E-state index < -0.39 is 0 Å². The Balaban J connectivity index is 1.98. The third-order valence-electron chi connectivity index (χ3n) is 3.91. The zero-order valence-electron chi connectivity index (χ0n) is 12.8. The number of benzene rings is 2. The van der Waals surface area contributed by atoms with Crippen molar-refractivity contribution in [1.82, 2.24) is 0 Å². The summed E-state index contributed by atoms with van der Waals surface area (Å²) in [6.45, 7) is 0.648. The van der Waals surface area contributed by atoms with Gasteiger partial charge in [-0.25, -0.2) is 0 Å². The Bertz CT molecular complexity index is 525. The molecule has 2 aromatic rings. The summed E-state index contributed by atoms with van der Waals surface area (Å²) in [7, 11) is 3.78. The number of nitrogens with two attached hydrogens (primary N) is 1. The quantitative estimate of drug-likeness (QED) is 0.849. The summed E-state index contributed by atoms with van der Waals surface area (Å²) < 4.78 is 5.20. The summed E-state index contributed by atoms with van der Waals surface area (Å²) in [6.07, 6.45) is 2.09. The largest absolute Gasteiger partial charge is 0.497 e. The smallest absolute Gasteiger partial charge is 0.119 e. The highest BCUT2D eigenvalue weighted by atomic mass is 16.5. The van der Waals surface area contributed by atoms with E-state index in [4.69, 9.17) is 10.5 Å². The first-order chi connectivity index (χ1) is 10.2. The van der Waals surface area contributed by atoms with Crippen molar-refractivity contribution < 1.29 is 4.74 Å². The third-order valence-corrected chi connectivity index (χ3v) is 3.91. The van der Waals surface area contributed by atoms with Crippen molar-refractivity contribution in [2.45, 2.75) is 18.9 Å². The van der Waals surface area contributed by atoms with Crippen LogP contribution in [0.2, 0.25) is 0 Å². The molecule has 1 unspecified atom stereocenters. The highest BCUT2D eigenvalue weighted by molar-refractivity contribution is 5.49. The van der Waals surface area contributed by atoms with Crippen molar-refractivity contribution in [2.24, 2.45) is 5.73 Å². The molecule has 0 fully saturated rings. The molecule has 1 atom stereocenters. The van der Waals surface area contributed by atoms with E-state index in [1.807, 2.05) is 18.2 Å². The molecule has 21 heavy (non-hydrogen) atoms. The number of likely N-dealkylation sites (N-methyl/N-ethyl adjacent to an activating group) is 1. The third kappa shape index (κ3) is 4.23. The first kappa shape index (κ1) is 15.4. The lowest BCUT2D eigenvalue weighted by Gasteiger charge is -2.29. The predicted molar refractivity (Wildman–Crippen MR) is 89.0 cm³/mol. The van der Waals surface area contributed by atoms with Crippen molar-refractivity contribution >= 4 is 5.69 Å². The molecule has 0 aromatic heterocycles. The van der Waals surface area contributed by atoms with Crippen LogP contribution in [-0.4, -0.2) is 26.7 Å². The number of aryl methyl sites for hydroxylation is 1. The predicted octanol–water partition coefficient (Wildman–Crippen LogP) is 3.09. The Labute approximate surface area is 127 Å². The lowest BCUT2D eigenvalue weighted by atomic mass is 10.0. The maximum atomic E-state index is 5.96. The average Bonchev–Trinajstić information content (AvgIpc) is 2.56. The molecule has 0 heterocycles. The van der Waals surface area contributed by atoms with E-state index in [2.05, 4.69) is 48.3 Å². The molecule has 0 amide bonds. The number of hydrogen-bond acceptors (Lipinski definition) is 3. The topological polar surface area (TPSA) is 38.5 Å². The van der Waals surface area contributed by atoms with Crippen LogP contribution in [0.3, 0.4) is 0 Å². The van der Waals surface area contributed by atoms with E-state index >= 15 is 0 Å². The van der Waals surface area contributed by atoms with Gasteiger partial charge in [-0.1, -0.05) is 30.3 Å². The molecule has 0 bridgehead atoms. The molecule has 3 nitrogen and oxygen atoms in total. The molecule has 2 aromatic carbocycles. The minimum absolute atomic E-state index is 0.332. The second-order valence-electron chi connectivity index (χ2n) is 5.22. The molecule has 0 aliphatic heterocycles. The van der Waals surface area contributed by atoms with Crippen molar-refractivity contribution in [1.29, 1.82) is 0 Å². The van der Waals surface area contributed by atoms with Crippen LogP contribution < -0.4 is 15.4 Å². The molecule has 0 radical (unpaired) electrons. The van der Waals surface area contributed by atoms with E-state index in [1.165, 1.54) is 11.3 Å². The van der Waals surface area contributed by atoms with Gasteiger partial charge in [0, 0.05) is 25.3 Å². The molecule has 2 rings (SSSR count). The van der Waals surface area contributed by atoms with Gasteiger partial charge in [-0.05, 0) is 42.7 Å². The van der Waals surface area contributed by atoms with Crippen molar-refractivity contribution in [3.8, 4) is 5.75 Å². The van der Waals surface area contributed by atoms with Gasteiger partial charge in [0.25, 0.3) is 0 Å². The van der Waals surface area contributed by atoms with Gasteiger partial charge < -0.3 is 15.4 Å². The molecule has 0 saturated carbocycles. The molecule has 112 valence electrons. The van der Waals surface area contributed by atoms with Gasteiger partial charge in [-0.15, -0.1) is 0 Å². The average molecular weight is 284 g/mol. The van der Waals surface area contributed by atoms with Crippen LogP contribution in [-0.2, 0) is 6.42 Å². The van der Waals surface area contributed by atoms with E-state index in [1.54, 1.807) is 7.11 Å². The van der Waals surface area contributed by atoms with Crippen molar-refractivity contribution in [3.63, 3.8) is 0 Å². The fraction of sp³-hybridized carbons (Fsp3) is 0.333. The van der Waals surface area contributed by atoms with Crippen molar-refractivity contribution in [3.05, 3.63) is 60.2 Å². The highest BCUT2D eigenvalue weighted by Gasteiger charge is 2.13. The van der Waals surface area contributed by atoms with Gasteiger partial charge in [0.1, 0.15) is 5.75 Å². The van der Waals surface area contributed by atoms with Crippen LogP contribution >= 0.6 is 0 Å². The molecule has 0 aliphatic rings. The van der Waals surface area contributed by atoms with Crippen LogP contribution in [0.5, 0.6) is 5.75 Å².